The van der Waals surface area contributed by atoms with Crippen LogP contribution in [0.15, 0.2) is 30.7 Å². The fraction of sp³-hybridized carbons (Fsp3) is 0.368. The maximum Gasteiger partial charge on any atom is 0.238 e. The van der Waals surface area contributed by atoms with Crippen LogP contribution in [0.5, 0.6) is 0 Å². The molecule has 1 aliphatic heterocycles. The van der Waals surface area contributed by atoms with Crippen molar-refractivity contribution in [2.24, 2.45) is 0 Å². The van der Waals surface area contributed by atoms with E-state index in [0.29, 0.717) is 23.0 Å². The van der Waals surface area contributed by atoms with Crippen molar-refractivity contribution in [2.75, 3.05) is 5.32 Å². The van der Waals surface area contributed by atoms with Gasteiger partial charge in [-0.1, -0.05) is 19.3 Å². The molecular weight excluding hydrogens is 333 g/mol. The molecule has 1 atom stereocenters. The second-order valence-electron chi connectivity index (χ2n) is 7.03. The van der Waals surface area contributed by atoms with Gasteiger partial charge in [0.2, 0.25) is 5.91 Å². The minimum Gasteiger partial charge on any atom is -0.325 e. The summed E-state index contributed by atoms with van der Waals surface area (Å²) < 4.78 is 15.7. The number of nitrogens with one attached hydrogen (secondary N) is 1. The third kappa shape index (κ3) is 2.30. The zero-order valence-corrected chi connectivity index (χ0v) is 14.2. The summed E-state index contributed by atoms with van der Waals surface area (Å²) in [6, 6.07) is 4.67. The number of nitrogens with zero attached hydrogens (tertiary/aromatic N) is 4. The average Bonchev–Trinajstić information content (AvgIpc) is 3.23. The van der Waals surface area contributed by atoms with E-state index in [0.717, 1.165) is 23.9 Å². The smallest absolute Gasteiger partial charge is 0.238 e. The lowest BCUT2D eigenvalue weighted by molar-refractivity contribution is -0.116. The van der Waals surface area contributed by atoms with Crippen LogP contribution in [0.25, 0.3) is 11.0 Å². The van der Waals surface area contributed by atoms with E-state index in [1.807, 2.05) is 4.68 Å². The molecule has 3 heterocycles. The van der Waals surface area contributed by atoms with E-state index in [1.165, 1.54) is 37.7 Å². The summed E-state index contributed by atoms with van der Waals surface area (Å²) in [7, 11) is 0. The summed E-state index contributed by atoms with van der Waals surface area (Å²) in [5.74, 6) is -1.21. The van der Waals surface area contributed by atoms with Crippen LogP contribution < -0.4 is 5.32 Å². The van der Waals surface area contributed by atoms with Gasteiger partial charge in [0.15, 0.2) is 5.65 Å². The SMILES string of the molecule is O=C1Nc2ccc(F)cc2C1c1ncnc2c1cnn2C1CCCCC1. The van der Waals surface area contributed by atoms with Crippen molar-refractivity contribution >= 4 is 22.6 Å². The number of hydrogen-bond donors (Lipinski definition) is 1. The molecule has 26 heavy (non-hydrogen) atoms. The minimum absolute atomic E-state index is 0.198. The molecule has 1 N–H and O–H groups in total. The molecule has 5 rings (SSSR count). The van der Waals surface area contributed by atoms with Gasteiger partial charge in [0, 0.05) is 5.69 Å². The van der Waals surface area contributed by atoms with Crippen molar-refractivity contribution in [3.63, 3.8) is 0 Å². The number of carbonyl (C=O) groups is 1. The Kier molecular flexibility index (Phi) is 3.48. The predicted octanol–water partition coefficient (Wildman–Crippen LogP) is 3.55. The molecule has 3 aromatic rings. The molecule has 7 heteroatoms. The molecule has 1 amide bonds. The Bertz CT molecular complexity index is 1010. The maximum absolute atomic E-state index is 13.8. The van der Waals surface area contributed by atoms with Gasteiger partial charge in [0.25, 0.3) is 0 Å². The first-order chi connectivity index (χ1) is 12.7. The number of fused-ring (bicyclic) bond motifs is 2. The molecule has 1 aliphatic carbocycles. The quantitative estimate of drug-likeness (QED) is 0.766. The topological polar surface area (TPSA) is 72.7 Å². The zero-order valence-electron chi connectivity index (χ0n) is 14.2. The number of halogens is 1. The van der Waals surface area contributed by atoms with E-state index in [4.69, 9.17) is 0 Å². The number of carbonyl (C=O) groups excluding carboxylic acids is 1. The molecule has 1 fully saturated rings. The molecule has 1 unspecified atom stereocenters. The molecule has 1 saturated carbocycles. The third-order valence-electron chi connectivity index (χ3n) is 5.46. The summed E-state index contributed by atoms with van der Waals surface area (Å²) in [5.41, 5.74) is 2.58. The number of amides is 1. The lowest BCUT2D eigenvalue weighted by Gasteiger charge is -2.22. The van der Waals surface area contributed by atoms with Crippen molar-refractivity contribution in [3.8, 4) is 0 Å². The summed E-state index contributed by atoms with van der Waals surface area (Å²) in [6.07, 6.45) is 9.05. The van der Waals surface area contributed by atoms with E-state index in [-0.39, 0.29) is 11.7 Å². The number of hydrogen-bond acceptors (Lipinski definition) is 4. The summed E-state index contributed by atoms with van der Waals surface area (Å²) in [6.45, 7) is 0. The van der Waals surface area contributed by atoms with Crippen molar-refractivity contribution in [3.05, 3.63) is 47.8 Å². The highest BCUT2D eigenvalue weighted by Gasteiger charge is 2.35. The highest BCUT2D eigenvalue weighted by molar-refractivity contribution is 6.06. The molecule has 2 aliphatic rings. The molecule has 2 aromatic heterocycles. The van der Waals surface area contributed by atoms with Crippen LogP contribution in [-0.4, -0.2) is 25.7 Å². The second-order valence-corrected chi connectivity index (χ2v) is 7.03. The van der Waals surface area contributed by atoms with E-state index in [2.05, 4.69) is 20.4 Å². The van der Waals surface area contributed by atoms with Crippen LogP contribution >= 0.6 is 0 Å². The minimum atomic E-state index is -0.643. The summed E-state index contributed by atoms with van der Waals surface area (Å²) >= 11 is 0. The van der Waals surface area contributed by atoms with Crippen LogP contribution in [-0.2, 0) is 4.79 Å². The van der Waals surface area contributed by atoms with Gasteiger partial charge in [0.05, 0.1) is 23.3 Å². The fourth-order valence-electron chi connectivity index (χ4n) is 4.21. The molecule has 0 bridgehead atoms. The fourth-order valence-corrected chi connectivity index (χ4v) is 4.21. The number of rotatable bonds is 2. The summed E-state index contributed by atoms with van der Waals surface area (Å²) in [5, 5.41) is 8.13. The molecule has 6 nitrogen and oxygen atoms in total. The highest BCUT2D eigenvalue weighted by atomic mass is 19.1. The lowest BCUT2D eigenvalue weighted by Crippen LogP contribution is -2.16. The molecule has 0 saturated heterocycles. The largest absolute Gasteiger partial charge is 0.325 e. The molecular formula is C19H18FN5O. The first kappa shape index (κ1) is 15.4. The van der Waals surface area contributed by atoms with Gasteiger partial charge in [-0.25, -0.2) is 19.0 Å². The zero-order chi connectivity index (χ0) is 17.7. The lowest BCUT2D eigenvalue weighted by atomic mass is 9.94. The second kappa shape index (κ2) is 5.86. The Morgan fingerprint density at radius 3 is 2.85 bits per heavy atom. The van der Waals surface area contributed by atoms with Crippen LogP contribution in [0, 0.1) is 5.82 Å². The van der Waals surface area contributed by atoms with E-state index in [9.17, 15) is 9.18 Å². The molecule has 0 spiro atoms. The van der Waals surface area contributed by atoms with E-state index in [1.54, 1.807) is 12.3 Å². The van der Waals surface area contributed by atoms with Gasteiger partial charge in [0.1, 0.15) is 18.1 Å². The molecule has 0 radical (unpaired) electrons. The Balaban J connectivity index is 1.63. The Morgan fingerprint density at radius 2 is 2.00 bits per heavy atom. The summed E-state index contributed by atoms with van der Waals surface area (Å²) in [4.78, 5) is 21.4. The number of anilines is 1. The van der Waals surface area contributed by atoms with Gasteiger partial charge >= 0.3 is 0 Å². The van der Waals surface area contributed by atoms with Crippen molar-refractivity contribution in [2.45, 2.75) is 44.1 Å². The first-order valence-electron chi connectivity index (χ1n) is 9.01. The number of aromatic nitrogens is 4. The van der Waals surface area contributed by atoms with Crippen LogP contribution in [0.4, 0.5) is 10.1 Å². The Morgan fingerprint density at radius 1 is 1.15 bits per heavy atom. The normalized spacial score (nSPS) is 20.3. The van der Waals surface area contributed by atoms with Gasteiger partial charge in [-0.15, -0.1) is 0 Å². The highest BCUT2D eigenvalue weighted by Crippen LogP contribution is 2.39. The predicted molar refractivity (Wildman–Crippen MR) is 94.3 cm³/mol. The maximum atomic E-state index is 13.8. The average molecular weight is 351 g/mol. The standard InChI is InChI=1S/C19H18FN5O/c20-11-6-7-15-13(8-11)16(19(26)24-15)17-14-9-23-25(18(14)22-10-21-17)12-4-2-1-3-5-12/h6-10,12,16H,1-5H2,(H,24,26). The van der Waals surface area contributed by atoms with Gasteiger partial charge in [-0.05, 0) is 36.6 Å². The van der Waals surface area contributed by atoms with E-state index >= 15 is 0 Å². The number of benzene rings is 1. The van der Waals surface area contributed by atoms with Gasteiger partial charge in [-0.2, -0.15) is 5.10 Å². The van der Waals surface area contributed by atoms with E-state index < -0.39 is 5.92 Å². The van der Waals surface area contributed by atoms with Crippen LogP contribution in [0.2, 0.25) is 0 Å². The van der Waals surface area contributed by atoms with Crippen molar-refractivity contribution in [1.29, 1.82) is 0 Å². The van der Waals surface area contributed by atoms with Crippen LogP contribution in [0.3, 0.4) is 0 Å². The van der Waals surface area contributed by atoms with Crippen LogP contribution in [0.1, 0.15) is 55.3 Å². The van der Waals surface area contributed by atoms with Crippen molar-refractivity contribution < 1.29 is 9.18 Å². The Labute approximate surface area is 149 Å². The molecule has 132 valence electrons. The molecule has 1 aromatic carbocycles. The van der Waals surface area contributed by atoms with Crippen molar-refractivity contribution in [1.82, 2.24) is 19.7 Å². The first-order valence-corrected chi connectivity index (χ1v) is 9.01. The van der Waals surface area contributed by atoms with Gasteiger partial charge in [-0.3, -0.25) is 4.79 Å². The van der Waals surface area contributed by atoms with Gasteiger partial charge < -0.3 is 5.32 Å². The monoisotopic (exact) mass is 351 g/mol. The third-order valence-corrected chi connectivity index (χ3v) is 5.46. The Hall–Kier alpha value is -2.83.